The van der Waals surface area contributed by atoms with Crippen molar-refractivity contribution in [3.8, 4) is 0 Å². The Kier molecular flexibility index (Phi) is 3.63. The molecule has 2 N–H and O–H groups in total. The van der Waals surface area contributed by atoms with E-state index in [-0.39, 0.29) is 10.6 Å². The van der Waals surface area contributed by atoms with E-state index in [4.69, 9.17) is 5.11 Å². The zero-order chi connectivity index (χ0) is 13.3. The first-order chi connectivity index (χ1) is 8.47. The van der Waals surface area contributed by atoms with Crippen LogP contribution in [0.4, 0.5) is 15.2 Å². The summed E-state index contributed by atoms with van der Waals surface area (Å²) in [5.41, 5.74) is 0.653. The second-order valence-corrected chi connectivity index (χ2v) is 5.40. The second-order valence-electron chi connectivity index (χ2n) is 3.49. The highest BCUT2D eigenvalue weighted by Gasteiger charge is 2.14. The molecule has 7 heteroatoms. The minimum Gasteiger partial charge on any atom is -0.477 e. The quantitative estimate of drug-likeness (QED) is 0.898. The van der Waals surface area contributed by atoms with E-state index >= 15 is 0 Å². The number of hydrogen-bond donors (Lipinski definition) is 2. The molecule has 0 atom stereocenters. The van der Waals surface area contributed by atoms with Gasteiger partial charge in [0.05, 0.1) is 11.4 Å². The molecule has 0 aliphatic carbocycles. The summed E-state index contributed by atoms with van der Waals surface area (Å²) >= 11 is 4.21. The average Bonchev–Trinajstić information content (AvgIpc) is 2.65. The van der Waals surface area contributed by atoms with Crippen LogP contribution < -0.4 is 5.32 Å². The predicted octanol–water partition coefficient (Wildman–Crippen LogP) is 3.79. The molecule has 0 saturated heterocycles. The molecule has 0 unspecified atom stereocenters. The minimum absolute atomic E-state index is 0.146. The molecule has 0 radical (unpaired) electrons. The van der Waals surface area contributed by atoms with E-state index < -0.39 is 11.8 Å². The summed E-state index contributed by atoms with van der Waals surface area (Å²) in [6, 6.07) is 4.45. The monoisotopic (exact) mass is 330 g/mol. The molecular weight excluding hydrogens is 323 g/mol. The largest absolute Gasteiger partial charge is 0.477 e. The van der Waals surface area contributed by atoms with Gasteiger partial charge in [0, 0.05) is 4.47 Å². The number of benzene rings is 1. The summed E-state index contributed by atoms with van der Waals surface area (Å²) in [6.45, 7) is 1.60. The molecule has 1 aromatic carbocycles. The van der Waals surface area contributed by atoms with Gasteiger partial charge in [0.1, 0.15) is 10.7 Å². The van der Waals surface area contributed by atoms with Crippen LogP contribution in [-0.2, 0) is 0 Å². The number of carbonyl (C=O) groups is 1. The number of hydrogen-bond acceptors (Lipinski definition) is 4. The molecule has 2 aromatic rings. The van der Waals surface area contributed by atoms with Crippen LogP contribution in [0.25, 0.3) is 0 Å². The second kappa shape index (κ2) is 5.03. The van der Waals surface area contributed by atoms with Gasteiger partial charge in [0.2, 0.25) is 0 Å². The Balaban J connectivity index is 2.31. The fraction of sp³-hybridized carbons (Fsp3) is 0.0909. The number of aromatic nitrogens is 1. The molecule has 0 fully saturated rings. The summed E-state index contributed by atoms with van der Waals surface area (Å²) in [4.78, 5) is 15.1. The van der Waals surface area contributed by atoms with Gasteiger partial charge in [-0.05, 0) is 25.1 Å². The van der Waals surface area contributed by atoms with Crippen molar-refractivity contribution in [2.75, 3.05) is 5.32 Å². The summed E-state index contributed by atoms with van der Waals surface area (Å²) in [7, 11) is 0. The third kappa shape index (κ3) is 2.68. The molecule has 0 aliphatic heterocycles. The van der Waals surface area contributed by atoms with Crippen molar-refractivity contribution in [3.63, 3.8) is 0 Å². The van der Waals surface area contributed by atoms with E-state index in [0.717, 1.165) is 15.8 Å². The summed E-state index contributed by atoms with van der Waals surface area (Å²) < 4.78 is 14.2. The molecule has 2 rings (SSSR count). The molecule has 4 nitrogen and oxygen atoms in total. The Bertz CT molecular complexity index is 615. The van der Waals surface area contributed by atoms with Gasteiger partial charge in [0.15, 0.2) is 5.13 Å². The van der Waals surface area contributed by atoms with Crippen LogP contribution in [0.15, 0.2) is 22.7 Å². The smallest absolute Gasteiger partial charge is 0.347 e. The van der Waals surface area contributed by atoms with E-state index in [9.17, 15) is 9.18 Å². The maximum atomic E-state index is 13.5. The van der Waals surface area contributed by atoms with Crippen LogP contribution in [0.5, 0.6) is 0 Å². The first kappa shape index (κ1) is 13.0. The van der Waals surface area contributed by atoms with Crippen molar-refractivity contribution in [1.29, 1.82) is 0 Å². The van der Waals surface area contributed by atoms with Gasteiger partial charge in [-0.1, -0.05) is 27.3 Å². The van der Waals surface area contributed by atoms with Crippen LogP contribution in [0.3, 0.4) is 0 Å². The molecule has 1 heterocycles. The third-order valence-electron chi connectivity index (χ3n) is 2.16. The molecule has 18 heavy (non-hydrogen) atoms. The van der Waals surface area contributed by atoms with Crippen LogP contribution in [0.1, 0.15) is 15.4 Å². The lowest BCUT2D eigenvalue weighted by Crippen LogP contribution is -1.94. The molecule has 1 aromatic heterocycles. The van der Waals surface area contributed by atoms with Crippen molar-refractivity contribution in [1.82, 2.24) is 4.98 Å². The standard InChI is InChI=1S/C11H8BrFN2O2S/c1-5-9(10(16)17)18-11(14-5)15-8-4-6(12)2-3-7(8)13/h2-4H,1H3,(H,14,15)(H,16,17). The number of aromatic carboxylic acids is 1. The van der Waals surface area contributed by atoms with Crippen molar-refractivity contribution < 1.29 is 14.3 Å². The first-order valence-electron chi connectivity index (χ1n) is 4.90. The van der Waals surface area contributed by atoms with Gasteiger partial charge in [0.25, 0.3) is 0 Å². The van der Waals surface area contributed by atoms with Gasteiger partial charge >= 0.3 is 5.97 Å². The summed E-state index contributed by atoms with van der Waals surface area (Å²) in [5.74, 6) is -1.46. The highest BCUT2D eigenvalue weighted by atomic mass is 79.9. The lowest BCUT2D eigenvalue weighted by molar-refractivity contribution is 0.0701. The number of nitrogens with zero attached hydrogens (tertiary/aromatic N) is 1. The van der Waals surface area contributed by atoms with Gasteiger partial charge in [-0.3, -0.25) is 0 Å². The van der Waals surface area contributed by atoms with Crippen molar-refractivity contribution in [3.05, 3.63) is 39.1 Å². The Hall–Kier alpha value is -1.47. The van der Waals surface area contributed by atoms with E-state index in [2.05, 4.69) is 26.2 Å². The number of aryl methyl sites for hydroxylation is 1. The van der Waals surface area contributed by atoms with Crippen molar-refractivity contribution in [2.45, 2.75) is 6.92 Å². The third-order valence-corrected chi connectivity index (χ3v) is 3.71. The number of carboxylic acids is 1. The maximum absolute atomic E-state index is 13.5. The van der Waals surface area contributed by atoms with Gasteiger partial charge in [-0.2, -0.15) is 0 Å². The molecule has 94 valence electrons. The topological polar surface area (TPSA) is 62.2 Å². The molecule has 0 amide bonds. The zero-order valence-electron chi connectivity index (χ0n) is 9.20. The highest BCUT2D eigenvalue weighted by molar-refractivity contribution is 9.10. The summed E-state index contributed by atoms with van der Waals surface area (Å²) in [6.07, 6.45) is 0. The Morgan fingerprint density at radius 3 is 2.89 bits per heavy atom. The first-order valence-corrected chi connectivity index (χ1v) is 6.51. The molecule has 0 aliphatic rings. The predicted molar refractivity (Wildman–Crippen MR) is 71.2 cm³/mol. The molecule has 0 bridgehead atoms. The number of rotatable bonds is 3. The normalized spacial score (nSPS) is 10.4. The number of thiazole rings is 1. The van der Waals surface area contributed by atoms with Gasteiger partial charge in [-0.15, -0.1) is 0 Å². The van der Waals surface area contributed by atoms with Crippen LogP contribution >= 0.6 is 27.3 Å². The van der Waals surface area contributed by atoms with Crippen molar-refractivity contribution >= 4 is 44.1 Å². The van der Waals surface area contributed by atoms with Gasteiger partial charge < -0.3 is 10.4 Å². The molecule has 0 saturated carbocycles. The highest BCUT2D eigenvalue weighted by Crippen LogP contribution is 2.28. The zero-order valence-corrected chi connectivity index (χ0v) is 11.6. The fourth-order valence-corrected chi connectivity index (χ4v) is 2.54. The minimum atomic E-state index is -1.03. The number of anilines is 2. The SMILES string of the molecule is Cc1nc(Nc2cc(Br)ccc2F)sc1C(=O)O. The van der Waals surface area contributed by atoms with Crippen molar-refractivity contribution in [2.24, 2.45) is 0 Å². The Morgan fingerprint density at radius 1 is 1.56 bits per heavy atom. The summed E-state index contributed by atoms with van der Waals surface area (Å²) in [5, 5.41) is 12.0. The van der Waals surface area contributed by atoms with Crippen LogP contribution in [-0.4, -0.2) is 16.1 Å². The van der Waals surface area contributed by atoms with Gasteiger partial charge in [-0.25, -0.2) is 14.2 Å². The molecular formula is C11H8BrFN2O2S. The average molecular weight is 331 g/mol. The number of halogens is 2. The lowest BCUT2D eigenvalue weighted by Gasteiger charge is -2.04. The van der Waals surface area contributed by atoms with E-state index in [0.29, 0.717) is 10.8 Å². The number of carboxylic acid groups (broad SMARTS) is 1. The van der Waals surface area contributed by atoms with Crippen LogP contribution in [0.2, 0.25) is 0 Å². The fourth-order valence-electron chi connectivity index (χ4n) is 1.36. The van der Waals surface area contributed by atoms with E-state index in [1.807, 2.05) is 0 Å². The number of nitrogens with one attached hydrogen (secondary N) is 1. The lowest BCUT2D eigenvalue weighted by atomic mass is 10.3. The Labute approximate surface area is 115 Å². The van der Waals surface area contributed by atoms with E-state index in [1.54, 1.807) is 19.1 Å². The Morgan fingerprint density at radius 2 is 2.28 bits per heavy atom. The van der Waals surface area contributed by atoms with Crippen LogP contribution in [0, 0.1) is 12.7 Å². The van der Waals surface area contributed by atoms with E-state index in [1.165, 1.54) is 6.07 Å². The molecule has 0 spiro atoms. The maximum Gasteiger partial charge on any atom is 0.347 e.